The number of hydrogen-bond acceptors (Lipinski definition) is 1. The first-order valence-corrected chi connectivity index (χ1v) is 10.9. The van der Waals surface area contributed by atoms with E-state index >= 15 is 0 Å². The minimum atomic E-state index is -2.09. The topological polar surface area (TPSA) is 9.23 Å². The smallest absolute Gasteiger partial charge is 0.252 e. The fourth-order valence-electron chi connectivity index (χ4n) is 3.48. The van der Waals surface area contributed by atoms with E-state index in [1.54, 1.807) is 0 Å². The third-order valence-corrected chi connectivity index (χ3v) is 8.60. The summed E-state index contributed by atoms with van der Waals surface area (Å²) in [7, 11) is -2.09. The Hall–Kier alpha value is -1.38. The zero-order chi connectivity index (χ0) is 15.3. The SMILES string of the molecule is C[Si](OCC1CCCCC1)(c1ccccc1)c1ccccc1. The van der Waals surface area contributed by atoms with Crippen LogP contribution in [-0.2, 0) is 4.43 Å². The van der Waals surface area contributed by atoms with Crippen LogP contribution in [0.2, 0.25) is 6.55 Å². The maximum absolute atomic E-state index is 6.68. The summed E-state index contributed by atoms with van der Waals surface area (Å²) in [6.45, 7) is 3.27. The highest BCUT2D eigenvalue weighted by Gasteiger charge is 2.34. The first-order valence-electron chi connectivity index (χ1n) is 8.54. The summed E-state index contributed by atoms with van der Waals surface area (Å²) >= 11 is 0. The Kier molecular flexibility index (Phi) is 5.11. The minimum Gasteiger partial charge on any atom is -0.408 e. The van der Waals surface area contributed by atoms with Crippen LogP contribution < -0.4 is 10.4 Å². The van der Waals surface area contributed by atoms with Crippen LogP contribution in [0.1, 0.15) is 32.1 Å². The largest absolute Gasteiger partial charge is 0.408 e. The average Bonchev–Trinajstić information content (AvgIpc) is 2.62. The van der Waals surface area contributed by atoms with Crippen molar-refractivity contribution in [2.24, 2.45) is 5.92 Å². The average molecular weight is 311 g/mol. The molecule has 0 saturated heterocycles. The van der Waals surface area contributed by atoms with Crippen molar-refractivity contribution in [3.8, 4) is 0 Å². The Bertz CT molecular complexity index is 521. The lowest BCUT2D eigenvalue weighted by atomic mass is 9.90. The molecule has 116 valence electrons. The molecule has 0 spiro atoms. The highest BCUT2D eigenvalue weighted by molar-refractivity contribution is 6.96. The van der Waals surface area contributed by atoms with Gasteiger partial charge in [0, 0.05) is 6.61 Å². The molecule has 1 aliphatic carbocycles. The lowest BCUT2D eigenvalue weighted by Crippen LogP contribution is -2.58. The third kappa shape index (κ3) is 3.50. The predicted octanol–water partition coefficient (Wildman–Crippen LogP) is 3.97. The summed E-state index contributed by atoms with van der Waals surface area (Å²) in [5, 5.41) is 2.74. The molecular weight excluding hydrogens is 284 g/mol. The first-order chi connectivity index (χ1) is 10.8. The fourth-order valence-corrected chi connectivity index (χ4v) is 6.38. The Morgan fingerprint density at radius 1 is 0.818 bits per heavy atom. The van der Waals surface area contributed by atoms with Crippen LogP contribution >= 0.6 is 0 Å². The van der Waals surface area contributed by atoms with E-state index in [1.165, 1.54) is 42.5 Å². The van der Waals surface area contributed by atoms with Gasteiger partial charge in [0.05, 0.1) is 0 Å². The van der Waals surface area contributed by atoms with Crippen LogP contribution in [0.25, 0.3) is 0 Å². The van der Waals surface area contributed by atoms with Crippen LogP contribution in [0, 0.1) is 5.92 Å². The summed E-state index contributed by atoms with van der Waals surface area (Å²) in [4.78, 5) is 0. The molecule has 0 heterocycles. The predicted molar refractivity (Wildman–Crippen MR) is 96.3 cm³/mol. The van der Waals surface area contributed by atoms with E-state index < -0.39 is 8.32 Å². The summed E-state index contributed by atoms with van der Waals surface area (Å²) < 4.78 is 6.68. The maximum Gasteiger partial charge on any atom is 0.252 e. The number of hydrogen-bond donors (Lipinski definition) is 0. The molecule has 1 fully saturated rings. The van der Waals surface area contributed by atoms with Gasteiger partial charge in [0.25, 0.3) is 8.32 Å². The van der Waals surface area contributed by atoms with Crippen molar-refractivity contribution < 1.29 is 4.43 Å². The van der Waals surface area contributed by atoms with Crippen molar-refractivity contribution in [2.75, 3.05) is 6.61 Å². The standard InChI is InChI=1S/C20H26OSi/c1-22(19-13-7-3-8-14-19,20-15-9-4-10-16-20)21-17-18-11-5-2-6-12-18/h3-4,7-10,13-16,18H,2,5-6,11-12,17H2,1H3. The molecule has 3 rings (SSSR count). The van der Waals surface area contributed by atoms with E-state index in [9.17, 15) is 0 Å². The monoisotopic (exact) mass is 310 g/mol. The molecule has 2 aromatic rings. The van der Waals surface area contributed by atoms with Gasteiger partial charge >= 0.3 is 0 Å². The van der Waals surface area contributed by atoms with Crippen molar-refractivity contribution in [3.63, 3.8) is 0 Å². The normalized spacial score (nSPS) is 16.6. The lowest BCUT2D eigenvalue weighted by molar-refractivity contribution is 0.208. The molecule has 22 heavy (non-hydrogen) atoms. The zero-order valence-corrected chi connectivity index (χ0v) is 14.5. The lowest BCUT2D eigenvalue weighted by Gasteiger charge is -2.31. The molecule has 2 heteroatoms. The summed E-state index contributed by atoms with van der Waals surface area (Å²) in [6, 6.07) is 21.7. The van der Waals surface area contributed by atoms with Gasteiger partial charge in [-0.25, -0.2) is 0 Å². The Labute approximate surface area is 135 Å². The summed E-state index contributed by atoms with van der Waals surface area (Å²) in [5.74, 6) is 0.757. The van der Waals surface area contributed by atoms with Crippen LogP contribution in [-0.4, -0.2) is 14.9 Å². The van der Waals surface area contributed by atoms with E-state index in [0.29, 0.717) is 0 Å². The molecular formula is C20H26OSi. The van der Waals surface area contributed by atoms with Gasteiger partial charge < -0.3 is 4.43 Å². The van der Waals surface area contributed by atoms with Crippen molar-refractivity contribution in [2.45, 2.75) is 38.7 Å². The van der Waals surface area contributed by atoms with Crippen molar-refractivity contribution >= 4 is 18.7 Å². The van der Waals surface area contributed by atoms with Crippen LogP contribution in [0.3, 0.4) is 0 Å². The highest BCUT2D eigenvalue weighted by atomic mass is 28.4. The Morgan fingerprint density at radius 2 is 1.32 bits per heavy atom. The Balaban J connectivity index is 1.83. The molecule has 0 bridgehead atoms. The molecule has 0 radical (unpaired) electrons. The molecule has 0 unspecified atom stereocenters. The van der Waals surface area contributed by atoms with Gasteiger partial charge in [0.2, 0.25) is 0 Å². The fraction of sp³-hybridized carbons (Fsp3) is 0.400. The van der Waals surface area contributed by atoms with E-state index in [0.717, 1.165) is 12.5 Å². The first kappa shape index (κ1) is 15.5. The van der Waals surface area contributed by atoms with E-state index in [2.05, 4.69) is 67.2 Å². The van der Waals surface area contributed by atoms with Crippen molar-refractivity contribution in [1.82, 2.24) is 0 Å². The highest BCUT2D eigenvalue weighted by Crippen LogP contribution is 2.24. The quantitative estimate of drug-likeness (QED) is 0.759. The molecule has 2 aromatic carbocycles. The number of rotatable bonds is 5. The van der Waals surface area contributed by atoms with Crippen molar-refractivity contribution in [1.29, 1.82) is 0 Å². The van der Waals surface area contributed by atoms with E-state index in [-0.39, 0.29) is 0 Å². The molecule has 0 amide bonds. The second-order valence-electron chi connectivity index (χ2n) is 6.58. The summed E-state index contributed by atoms with van der Waals surface area (Å²) in [5.41, 5.74) is 0. The molecule has 1 aliphatic rings. The maximum atomic E-state index is 6.68. The van der Waals surface area contributed by atoms with Crippen LogP contribution in [0.15, 0.2) is 60.7 Å². The van der Waals surface area contributed by atoms with Gasteiger partial charge in [-0.3, -0.25) is 0 Å². The molecule has 0 atom stereocenters. The van der Waals surface area contributed by atoms with E-state index in [4.69, 9.17) is 4.43 Å². The minimum absolute atomic E-state index is 0.757. The van der Waals surface area contributed by atoms with Crippen LogP contribution in [0.4, 0.5) is 0 Å². The van der Waals surface area contributed by atoms with Crippen molar-refractivity contribution in [3.05, 3.63) is 60.7 Å². The second kappa shape index (κ2) is 7.25. The van der Waals surface area contributed by atoms with Gasteiger partial charge in [-0.1, -0.05) is 79.9 Å². The van der Waals surface area contributed by atoms with Gasteiger partial charge in [-0.2, -0.15) is 0 Å². The zero-order valence-electron chi connectivity index (χ0n) is 13.5. The van der Waals surface area contributed by atoms with Gasteiger partial charge in [0.1, 0.15) is 0 Å². The molecule has 0 aliphatic heterocycles. The van der Waals surface area contributed by atoms with E-state index in [1.807, 2.05) is 0 Å². The Morgan fingerprint density at radius 3 is 1.82 bits per heavy atom. The van der Waals surface area contributed by atoms with Gasteiger partial charge in [-0.05, 0) is 35.7 Å². The van der Waals surface area contributed by atoms with Crippen LogP contribution in [0.5, 0.6) is 0 Å². The summed E-state index contributed by atoms with van der Waals surface area (Å²) in [6.07, 6.45) is 6.84. The molecule has 1 saturated carbocycles. The number of benzene rings is 2. The molecule has 0 N–H and O–H groups in total. The molecule has 0 aromatic heterocycles. The van der Waals surface area contributed by atoms with Gasteiger partial charge in [0.15, 0.2) is 0 Å². The third-order valence-electron chi connectivity index (χ3n) is 4.98. The van der Waals surface area contributed by atoms with Gasteiger partial charge in [-0.15, -0.1) is 0 Å². The second-order valence-corrected chi connectivity index (χ2v) is 10.1. The molecule has 1 nitrogen and oxygen atoms in total.